The Hall–Kier alpha value is -2.22. The number of carboxylic acid groups (broad SMARTS) is 2. The monoisotopic (exact) mass is 411 g/mol. The zero-order chi connectivity index (χ0) is 19.3. The van der Waals surface area contributed by atoms with Crippen molar-refractivity contribution in [3.8, 4) is 0 Å². The highest BCUT2D eigenvalue weighted by atomic mass is 35.5. The standard InChI is InChI=1S/C17H13Cl2NO5S/c18-13-2-1-3-14(19)12(13)7-26-8-15(21)20-11-5-9(16(22)23)4-10(6-11)17(24)25/h1-6H,7-8H2,(H,20,21)(H,22,23)(H,24,25)/p-2. The summed E-state index contributed by atoms with van der Waals surface area (Å²) in [6.07, 6.45) is 0. The third-order valence-electron chi connectivity index (χ3n) is 3.23. The maximum absolute atomic E-state index is 12.0. The molecule has 0 fully saturated rings. The number of carbonyl (C=O) groups excluding carboxylic acids is 3. The van der Waals surface area contributed by atoms with E-state index in [1.165, 1.54) is 11.8 Å². The highest BCUT2D eigenvalue weighted by molar-refractivity contribution is 7.99. The van der Waals surface area contributed by atoms with Crippen LogP contribution in [0.3, 0.4) is 0 Å². The summed E-state index contributed by atoms with van der Waals surface area (Å²) in [5.74, 6) is -3.15. The smallest absolute Gasteiger partial charge is 0.234 e. The number of amides is 1. The van der Waals surface area contributed by atoms with E-state index in [-0.39, 0.29) is 22.6 Å². The normalized spacial score (nSPS) is 10.4. The first kappa shape index (κ1) is 20.1. The Morgan fingerprint density at radius 1 is 0.962 bits per heavy atom. The Balaban J connectivity index is 2.01. The number of nitrogens with one attached hydrogen (secondary N) is 1. The van der Waals surface area contributed by atoms with Crippen LogP contribution in [-0.4, -0.2) is 23.6 Å². The number of hydrogen-bond donors (Lipinski definition) is 1. The Morgan fingerprint density at radius 3 is 2.00 bits per heavy atom. The van der Waals surface area contributed by atoms with E-state index in [9.17, 15) is 24.6 Å². The Kier molecular flexibility index (Phi) is 6.90. The molecule has 0 aliphatic carbocycles. The average molecular weight is 412 g/mol. The number of carbonyl (C=O) groups is 3. The number of aromatic carboxylic acids is 2. The van der Waals surface area contributed by atoms with Crippen LogP contribution in [0, 0.1) is 0 Å². The van der Waals surface area contributed by atoms with Crippen LogP contribution < -0.4 is 15.5 Å². The minimum absolute atomic E-state index is 0.0206. The molecule has 2 aromatic rings. The molecule has 0 aromatic heterocycles. The van der Waals surface area contributed by atoms with Crippen molar-refractivity contribution in [2.75, 3.05) is 11.1 Å². The molecule has 1 amide bonds. The number of hydrogen-bond acceptors (Lipinski definition) is 6. The summed E-state index contributed by atoms with van der Waals surface area (Å²) in [7, 11) is 0. The van der Waals surface area contributed by atoms with Gasteiger partial charge < -0.3 is 25.1 Å². The van der Waals surface area contributed by atoms with Crippen LogP contribution in [0.5, 0.6) is 0 Å². The third kappa shape index (κ3) is 5.39. The van der Waals surface area contributed by atoms with Crippen molar-refractivity contribution in [2.45, 2.75) is 5.75 Å². The van der Waals surface area contributed by atoms with E-state index < -0.39 is 17.8 Å². The highest BCUT2D eigenvalue weighted by Gasteiger charge is 2.09. The fraction of sp³-hybridized carbons (Fsp3) is 0.118. The van der Waals surface area contributed by atoms with E-state index in [0.29, 0.717) is 21.4 Å². The molecule has 9 heteroatoms. The van der Waals surface area contributed by atoms with Crippen LogP contribution in [0.1, 0.15) is 26.3 Å². The minimum atomic E-state index is -1.56. The Bertz CT molecular complexity index is 820. The summed E-state index contributed by atoms with van der Waals surface area (Å²) in [5, 5.41) is 25.3. The molecule has 2 rings (SSSR count). The molecule has 0 bridgehead atoms. The largest absolute Gasteiger partial charge is 0.545 e. The van der Waals surface area contributed by atoms with Gasteiger partial charge >= 0.3 is 0 Å². The lowest BCUT2D eigenvalue weighted by Gasteiger charge is -2.12. The van der Waals surface area contributed by atoms with Gasteiger partial charge in [0.1, 0.15) is 0 Å². The second-order valence-electron chi connectivity index (χ2n) is 5.12. The topological polar surface area (TPSA) is 109 Å². The molecule has 6 nitrogen and oxygen atoms in total. The van der Waals surface area contributed by atoms with Gasteiger partial charge in [-0.25, -0.2) is 0 Å². The van der Waals surface area contributed by atoms with Gasteiger partial charge in [0.2, 0.25) is 5.91 Å². The maximum atomic E-state index is 12.0. The molecule has 0 heterocycles. The van der Waals surface area contributed by atoms with Crippen molar-refractivity contribution < 1.29 is 24.6 Å². The summed E-state index contributed by atoms with van der Waals surface area (Å²) in [4.78, 5) is 33.9. The fourth-order valence-corrected chi connectivity index (χ4v) is 3.61. The van der Waals surface area contributed by atoms with Gasteiger partial charge in [-0.2, -0.15) is 0 Å². The van der Waals surface area contributed by atoms with Crippen molar-refractivity contribution in [1.29, 1.82) is 0 Å². The average Bonchev–Trinajstić information content (AvgIpc) is 2.57. The molecule has 0 saturated carbocycles. The maximum Gasteiger partial charge on any atom is 0.234 e. The first-order chi connectivity index (χ1) is 12.3. The number of thioether (sulfide) groups is 1. The van der Waals surface area contributed by atoms with E-state index in [4.69, 9.17) is 23.2 Å². The predicted octanol–water partition coefficient (Wildman–Crippen LogP) is 1.59. The van der Waals surface area contributed by atoms with Gasteiger partial charge in [0.05, 0.1) is 17.7 Å². The van der Waals surface area contributed by atoms with E-state index in [0.717, 1.165) is 18.2 Å². The van der Waals surface area contributed by atoms with E-state index in [1.54, 1.807) is 18.2 Å². The third-order valence-corrected chi connectivity index (χ3v) is 4.90. The number of halogens is 2. The molecule has 0 aliphatic heterocycles. The lowest BCUT2D eigenvalue weighted by molar-refractivity contribution is -0.255. The highest BCUT2D eigenvalue weighted by Crippen LogP contribution is 2.28. The summed E-state index contributed by atoms with van der Waals surface area (Å²) in [6, 6.07) is 8.20. The Labute approximate surface area is 163 Å². The van der Waals surface area contributed by atoms with Gasteiger partial charge in [0.25, 0.3) is 0 Å². The van der Waals surface area contributed by atoms with Crippen LogP contribution in [0.4, 0.5) is 5.69 Å². The molecule has 2 aromatic carbocycles. The van der Waals surface area contributed by atoms with Crippen LogP contribution in [-0.2, 0) is 10.5 Å². The molecule has 0 spiro atoms. The molecule has 136 valence electrons. The van der Waals surface area contributed by atoms with E-state index in [2.05, 4.69) is 5.32 Å². The molecule has 0 saturated heterocycles. The van der Waals surface area contributed by atoms with Crippen molar-refractivity contribution in [3.05, 3.63) is 63.1 Å². The molecule has 0 aliphatic rings. The fourth-order valence-electron chi connectivity index (χ4n) is 2.05. The second-order valence-corrected chi connectivity index (χ2v) is 6.92. The molecular weight excluding hydrogens is 401 g/mol. The zero-order valence-electron chi connectivity index (χ0n) is 13.1. The first-order valence-corrected chi connectivity index (χ1v) is 9.07. The first-order valence-electron chi connectivity index (χ1n) is 7.16. The number of anilines is 1. The summed E-state index contributed by atoms with van der Waals surface area (Å²) in [5.41, 5.74) is -0.0332. The predicted molar refractivity (Wildman–Crippen MR) is 96.4 cm³/mol. The summed E-state index contributed by atoms with van der Waals surface area (Å²) >= 11 is 13.3. The zero-order valence-corrected chi connectivity index (χ0v) is 15.4. The number of benzene rings is 2. The lowest BCUT2D eigenvalue weighted by atomic mass is 10.1. The van der Waals surface area contributed by atoms with Crippen LogP contribution in [0.15, 0.2) is 36.4 Å². The van der Waals surface area contributed by atoms with Crippen LogP contribution >= 0.6 is 35.0 Å². The number of rotatable bonds is 7. The minimum Gasteiger partial charge on any atom is -0.545 e. The molecule has 26 heavy (non-hydrogen) atoms. The van der Waals surface area contributed by atoms with Gasteiger partial charge in [-0.3, -0.25) is 4.79 Å². The van der Waals surface area contributed by atoms with Crippen molar-refractivity contribution >= 4 is 58.5 Å². The molecule has 1 N–H and O–H groups in total. The van der Waals surface area contributed by atoms with Gasteiger partial charge in [-0.1, -0.05) is 29.3 Å². The SMILES string of the molecule is O=C(CSCc1c(Cl)cccc1Cl)Nc1cc(C(=O)[O-])cc(C(=O)[O-])c1. The van der Waals surface area contributed by atoms with E-state index in [1.807, 2.05) is 0 Å². The summed E-state index contributed by atoms with van der Waals surface area (Å²) in [6.45, 7) is 0. The van der Waals surface area contributed by atoms with E-state index >= 15 is 0 Å². The van der Waals surface area contributed by atoms with Gasteiger partial charge in [0, 0.05) is 21.5 Å². The van der Waals surface area contributed by atoms with Crippen molar-refractivity contribution in [3.63, 3.8) is 0 Å². The summed E-state index contributed by atoms with van der Waals surface area (Å²) < 4.78 is 0. The molecule has 0 unspecified atom stereocenters. The van der Waals surface area contributed by atoms with Crippen LogP contribution in [0.25, 0.3) is 0 Å². The van der Waals surface area contributed by atoms with Gasteiger partial charge in [-0.05, 0) is 47.0 Å². The van der Waals surface area contributed by atoms with Crippen molar-refractivity contribution in [1.82, 2.24) is 0 Å². The van der Waals surface area contributed by atoms with Gasteiger partial charge in [-0.15, -0.1) is 11.8 Å². The number of carboxylic acids is 2. The molecular formula is C17H11Cl2NO5S-2. The molecule has 0 radical (unpaired) electrons. The van der Waals surface area contributed by atoms with Crippen LogP contribution in [0.2, 0.25) is 10.0 Å². The lowest BCUT2D eigenvalue weighted by Crippen LogP contribution is -2.26. The Morgan fingerprint density at radius 2 is 1.50 bits per heavy atom. The molecule has 0 atom stereocenters. The second kappa shape index (κ2) is 8.93. The quantitative estimate of drug-likeness (QED) is 0.740. The van der Waals surface area contributed by atoms with Crippen molar-refractivity contribution in [2.24, 2.45) is 0 Å². The van der Waals surface area contributed by atoms with Gasteiger partial charge in [0.15, 0.2) is 0 Å².